The van der Waals surface area contributed by atoms with E-state index >= 15 is 0 Å². The van der Waals surface area contributed by atoms with Gasteiger partial charge in [-0.25, -0.2) is 4.98 Å². The second kappa shape index (κ2) is 3.59. The first-order valence-corrected chi connectivity index (χ1v) is 5.47. The first-order valence-electron chi connectivity index (χ1n) is 5.47. The molecule has 0 aliphatic heterocycles. The van der Waals surface area contributed by atoms with Crippen molar-refractivity contribution in [2.45, 2.75) is 18.8 Å². The van der Waals surface area contributed by atoms with E-state index in [0.717, 1.165) is 17.8 Å². The van der Waals surface area contributed by atoms with Crippen LogP contribution in [0.1, 0.15) is 34.9 Å². The van der Waals surface area contributed by atoms with E-state index in [1.807, 2.05) is 36.7 Å². The molecule has 0 spiro atoms. The monoisotopic (exact) mass is 212 g/mol. The maximum atomic E-state index is 10.7. The number of hydrogen-bond acceptors (Lipinski definition) is 2. The number of nitrogens with zero attached hydrogens (tertiary/aromatic N) is 2. The third-order valence-electron chi connectivity index (χ3n) is 2.90. The molecular formula is C13H12N2O. The van der Waals surface area contributed by atoms with Gasteiger partial charge in [0.15, 0.2) is 0 Å². The molecule has 3 rings (SSSR count). The quantitative estimate of drug-likeness (QED) is 0.733. The Morgan fingerprint density at radius 1 is 1.38 bits per heavy atom. The lowest BCUT2D eigenvalue weighted by Crippen LogP contribution is -1.99. The van der Waals surface area contributed by atoms with Crippen LogP contribution in [0.3, 0.4) is 0 Å². The standard InChI is InChI=1S/C13H12N2O/c16-9-10-2-1-3-12(8-10)15-7-6-14-13(15)11-4-5-11/h1-3,6-9,11H,4-5H2. The maximum absolute atomic E-state index is 10.7. The molecule has 16 heavy (non-hydrogen) atoms. The summed E-state index contributed by atoms with van der Waals surface area (Å²) in [4.78, 5) is 15.1. The van der Waals surface area contributed by atoms with Crippen LogP contribution in [-0.4, -0.2) is 15.8 Å². The summed E-state index contributed by atoms with van der Waals surface area (Å²) in [5, 5.41) is 0. The van der Waals surface area contributed by atoms with Crippen molar-refractivity contribution in [1.29, 1.82) is 0 Å². The number of carbonyl (C=O) groups excluding carboxylic acids is 1. The molecule has 1 fully saturated rings. The summed E-state index contributed by atoms with van der Waals surface area (Å²) in [6.07, 6.45) is 7.10. The highest BCUT2D eigenvalue weighted by Crippen LogP contribution is 2.39. The van der Waals surface area contributed by atoms with Gasteiger partial charge in [-0.3, -0.25) is 4.79 Å². The largest absolute Gasteiger partial charge is 0.304 e. The predicted octanol–water partition coefficient (Wildman–Crippen LogP) is 2.56. The fraction of sp³-hybridized carbons (Fsp3) is 0.231. The molecule has 0 saturated heterocycles. The topological polar surface area (TPSA) is 34.9 Å². The summed E-state index contributed by atoms with van der Waals surface area (Å²) in [6, 6.07) is 7.60. The van der Waals surface area contributed by atoms with Crippen LogP contribution in [0.25, 0.3) is 5.69 Å². The molecular weight excluding hydrogens is 200 g/mol. The summed E-state index contributed by atoms with van der Waals surface area (Å²) < 4.78 is 2.07. The van der Waals surface area contributed by atoms with Gasteiger partial charge in [0.05, 0.1) is 0 Å². The molecule has 0 atom stereocenters. The van der Waals surface area contributed by atoms with Crippen LogP contribution in [0.5, 0.6) is 0 Å². The number of aldehydes is 1. The lowest BCUT2D eigenvalue weighted by Gasteiger charge is -2.07. The van der Waals surface area contributed by atoms with Gasteiger partial charge >= 0.3 is 0 Å². The zero-order valence-electron chi connectivity index (χ0n) is 8.84. The maximum Gasteiger partial charge on any atom is 0.150 e. The second-order valence-electron chi connectivity index (χ2n) is 4.14. The van der Waals surface area contributed by atoms with Crippen LogP contribution >= 0.6 is 0 Å². The van der Waals surface area contributed by atoms with Crippen molar-refractivity contribution in [3.05, 3.63) is 48.0 Å². The van der Waals surface area contributed by atoms with E-state index in [-0.39, 0.29) is 0 Å². The Kier molecular flexibility index (Phi) is 2.10. The van der Waals surface area contributed by atoms with E-state index in [1.54, 1.807) is 0 Å². The van der Waals surface area contributed by atoms with E-state index < -0.39 is 0 Å². The smallest absolute Gasteiger partial charge is 0.150 e. The Morgan fingerprint density at radius 2 is 2.25 bits per heavy atom. The Balaban J connectivity index is 2.06. The molecule has 1 aromatic carbocycles. The Labute approximate surface area is 93.7 Å². The lowest BCUT2D eigenvalue weighted by atomic mass is 10.2. The van der Waals surface area contributed by atoms with Crippen molar-refractivity contribution in [3.63, 3.8) is 0 Å². The van der Waals surface area contributed by atoms with Gasteiger partial charge in [-0.1, -0.05) is 12.1 Å². The number of carbonyl (C=O) groups is 1. The Morgan fingerprint density at radius 3 is 3.00 bits per heavy atom. The minimum atomic E-state index is 0.606. The van der Waals surface area contributed by atoms with Gasteiger partial charge in [-0.2, -0.15) is 0 Å². The summed E-state index contributed by atoms with van der Waals surface area (Å²) in [6.45, 7) is 0. The van der Waals surface area contributed by atoms with E-state index in [1.165, 1.54) is 12.8 Å². The molecule has 0 bridgehead atoms. The van der Waals surface area contributed by atoms with Crippen LogP contribution in [0.4, 0.5) is 0 Å². The molecule has 1 aromatic heterocycles. The van der Waals surface area contributed by atoms with Gasteiger partial charge < -0.3 is 4.57 Å². The highest BCUT2D eigenvalue weighted by Gasteiger charge is 2.28. The molecule has 0 radical (unpaired) electrons. The van der Waals surface area contributed by atoms with Crippen molar-refractivity contribution in [2.24, 2.45) is 0 Å². The van der Waals surface area contributed by atoms with E-state index in [4.69, 9.17) is 0 Å². The lowest BCUT2D eigenvalue weighted by molar-refractivity contribution is 0.112. The van der Waals surface area contributed by atoms with Crippen molar-refractivity contribution in [1.82, 2.24) is 9.55 Å². The highest BCUT2D eigenvalue weighted by molar-refractivity contribution is 5.75. The molecule has 1 saturated carbocycles. The number of benzene rings is 1. The zero-order chi connectivity index (χ0) is 11.0. The van der Waals surface area contributed by atoms with Crippen LogP contribution in [0.2, 0.25) is 0 Å². The van der Waals surface area contributed by atoms with Crippen LogP contribution in [0.15, 0.2) is 36.7 Å². The molecule has 0 N–H and O–H groups in total. The van der Waals surface area contributed by atoms with E-state index in [9.17, 15) is 4.79 Å². The van der Waals surface area contributed by atoms with Crippen molar-refractivity contribution in [2.75, 3.05) is 0 Å². The number of rotatable bonds is 3. The van der Waals surface area contributed by atoms with E-state index in [0.29, 0.717) is 11.5 Å². The van der Waals surface area contributed by atoms with Crippen LogP contribution in [0, 0.1) is 0 Å². The molecule has 0 amide bonds. The molecule has 2 aromatic rings. The molecule has 0 unspecified atom stereocenters. The highest BCUT2D eigenvalue weighted by atomic mass is 16.1. The Bertz CT molecular complexity index is 526. The van der Waals surface area contributed by atoms with Crippen LogP contribution in [-0.2, 0) is 0 Å². The first-order chi connectivity index (χ1) is 7.88. The molecule has 1 aliphatic rings. The Hall–Kier alpha value is -1.90. The summed E-state index contributed by atoms with van der Waals surface area (Å²) in [5.74, 6) is 1.72. The summed E-state index contributed by atoms with van der Waals surface area (Å²) in [5.41, 5.74) is 1.72. The van der Waals surface area contributed by atoms with Crippen molar-refractivity contribution in [3.8, 4) is 5.69 Å². The SMILES string of the molecule is O=Cc1cccc(-n2ccnc2C2CC2)c1. The molecule has 80 valence electrons. The molecule has 1 heterocycles. The van der Waals surface area contributed by atoms with Gasteiger partial charge in [0, 0.05) is 29.6 Å². The molecule has 3 nitrogen and oxygen atoms in total. The molecule has 1 aliphatic carbocycles. The number of aromatic nitrogens is 2. The van der Waals surface area contributed by atoms with Gasteiger partial charge in [0.2, 0.25) is 0 Å². The summed E-state index contributed by atoms with van der Waals surface area (Å²) >= 11 is 0. The van der Waals surface area contributed by atoms with Gasteiger partial charge in [0.25, 0.3) is 0 Å². The van der Waals surface area contributed by atoms with Gasteiger partial charge in [-0.05, 0) is 25.0 Å². The predicted molar refractivity (Wildman–Crippen MR) is 60.9 cm³/mol. The fourth-order valence-electron chi connectivity index (χ4n) is 1.92. The van der Waals surface area contributed by atoms with Crippen molar-refractivity contribution >= 4 is 6.29 Å². The van der Waals surface area contributed by atoms with E-state index in [2.05, 4.69) is 9.55 Å². The molecule has 3 heteroatoms. The van der Waals surface area contributed by atoms with Gasteiger partial charge in [0.1, 0.15) is 12.1 Å². The number of hydrogen-bond donors (Lipinski definition) is 0. The zero-order valence-corrected chi connectivity index (χ0v) is 8.84. The third-order valence-corrected chi connectivity index (χ3v) is 2.90. The average molecular weight is 212 g/mol. The fourth-order valence-corrected chi connectivity index (χ4v) is 1.92. The van der Waals surface area contributed by atoms with Crippen LogP contribution < -0.4 is 0 Å². The third kappa shape index (κ3) is 1.54. The minimum Gasteiger partial charge on any atom is -0.304 e. The minimum absolute atomic E-state index is 0.606. The average Bonchev–Trinajstić information content (AvgIpc) is 3.07. The normalized spacial score (nSPS) is 15.0. The van der Waals surface area contributed by atoms with Gasteiger partial charge in [-0.15, -0.1) is 0 Å². The first kappa shape index (κ1) is 9.33. The van der Waals surface area contributed by atoms with Crippen molar-refractivity contribution < 1.29 is 4.79 Å². The second-order valence-corrected chi connectivity index (χ2v) is 4.14. The summed E-state index contributed by atoms with van der Waals surface area (Å²) in [7, 11) is 0. The number of imidazole rings is 1.